The van der Waals surface area contributed by atoms with Crippen LogP contribution in [-0.4, -0.2) is 81.8 Å². The zero-order chi connectivity index (χ0) is 29.8. The smallest absolute Gasteiger partial charge is 0.330 e. The number of ether oxygens (including phenoxy) is 1. The van der Waals surface area contributed by atoms with E-state index in [1.807, 2.05) is 4.72 Å². The van der Waals surface area contributed by atoms with E-state index in [4.69, 9.17) is 4.74 Å². The lowest BCUT2D eigenvalue weighted by Gasteiger charge is -2.34. The molecule has 3 rings (SSSR count). The van der Waals surface area contributed by atoms with Crippen molar-refractivity contribution in [2.45, 2.75) is 37.8 Å². The van der Waals surface area contributed by atoms with E-state index in [-0.39, 0.29) is 24.9 Å². The number of amides is 4. The topological polar surface area (TPSA) is 128 Å². The van der Waals surface area contributed by atoms with Crippen molar-refractivity contribution < 1.29 is 36.3 Å². The molecule has 0 aromatic heterocycles. The lowest BCUT2D eigenvalue weighted by Crippen LogP contribution is -2.60. The Labute approximate surface area is 232 Å². The molecule has 2 aromatic carbocycles. The summed E-state index contributed by atoms with van der Waals surface area (Å²) in [5.41, 5.74) is -0.921. The molecule has 40 heavy (non-hydrogen) atoms. The highest BCUT2D eigenvalue weighted by molar-refractivity contribution is 7.87. The molecule has 0 spiro atoms. The minimum absolute atomic E-state index is 0.00380. The first-order valence-electron chi connectivity index (χ1n) is 12.4. The van der Waals surface area contributed by atoms with Crippen LogP contribution >= 0.6 is 0 Å². The SMILES string of the molecule is COc1ccc(N(C)C(=O)[C@H](Cc2cc(F)cc(F)c2)NC(=O)NS(=O)(=O)N2CCC[C@@]2(C)C(=O)N(C)C)cc1. The molecular formula is C26H33F2N5O6S. The maximum atomic E-state index is 13.9. The highest BCUT2D eigenvalue weighted by atomic mass is 32.2. The van der Waals surface area contributed by atoms with Crippen LogP contribution in [0.3, 0.4) is 0 Å². The predicted octanol–water partition coefficient (Wildman–Crippen LogP) is 2.03. The first kappa shape index (κ1) is 30.8. The Morgan fingerprint density at radius 1 is 1.07 bits per heavy atom. The molecule has 1 heterocycles. The fraction of sp³-hybridized carbons (Fsp3) is 0.423. The third kappa shape index (κ3) is 6.86. The Bertz CT molecular complexity index is 1350. The van der Waals surface area contributed by atoms with Crippen LogP contribution < -0.4 is 19.7 Å². The van der Waals surface area contributed by atoms with E-state index in [2.05, 4.69) is 5.32 Å². The van der Waals surface area contributed by atoms with Gasteiger partial charge in [0, 0.05) is 45.9 Å². The van der Waals surface area contributed by atoms with Gasteiger partial charge < -0.3 is 19.9 Å². The molecule has 1 fully saturated rings. The van der Waals surface area contributed by atoms with Crippen molar-refractivity contribution in [3.8, 4) is 5.75 Å². The van der Waals surface area contributed by atoms with Crippen molar-refractivity contribution in [1.82, 2.24) is 19.2 Å². The molecule has 0 aliphatic carbocycles. The lowest BCUT2D eigenvalue weighted by atomic mass is 9.99. The molecule has 2 aromatic rings. The summed E-state index contributed by atoms with van der Waals surface area (Å²) in [7, 11) is 1.40. The number of methoxy groups -OCH3 is 1. The number of carbonyl (C=O) groups excluding carboxylic acids is 3. The molecule has 0 saturated carbocycles. The van der Waals surface area contributed by atoms with Gasteiger partial charge in [-0.25, -0.2) is 18.3 Å². The maximum absolute atomic E-state index is 13.9. The number of hydrogen-bond acceptors (Lipinski definition) is 6. The van der Waals surface area contributed by atoms with Gasteiger partial charge in [-0.15, -0.1) is 0 Å². The summed E-state index contributed by atoms with van der Waals surface area (Å²) in [6, 6.07) is 6.44. The monoisotopic (exact) mass is 581 g/mol. The summed E-state index contributed by atoms with van der Waals surface area (Å²) in [5, 5.41) is 2.32. The average Bonchev–Trinajstić information content (AvgIpc) is 3.29. The minimum Gasteiger partial charge on any atom is -0.497 e. The molecule has 14 heteroatoms. The number of nitrogens with zero attached hydrogens (tertiary/aromatic N) is 3. The van der Waals surface area contributed by atoms with Crippen molar-refractivity contribution in [2.24, 2.45) is 0 Å². The van der Waals surface area contributed by atoms with Crippen molar-refractivity contribution >= 4 is 33.7 Å². The van der Waals surface area contributed by atoms with Crippen molar-refractivity contribution in [3.63, 3.8) is 0 Å². The van der Waals surface area contributed by atoms with E-state index in [1.165, 1.54) is 45.0 Å². The van der Waals surface area contributed by atoms with Crippen LogP contribution in [0.15, 0.2) is 42.5 Å². The third-order valence-electron chi connectivity index (χ3n) is 6.71. The van der Waals surface area contributed by atoms with E-state index in [9.17, 15) is 31.6 Å². The number of hydrogen-bond donors (Lipinski definition) is 2. The number of rotatable bonds is 9. The van der Waals surface area contributed by atoms with Gasteiger partial charge in [0.25, 0.3) is 0 Å². The summed E-state index contributed by atoms with van der Waals surface area (Å²) in [5.74, 6) is -2.35. The molecule has 0 bridgehead atoms. The molecule has 4 amide bonds. The molecular weight excluding hydrogens is 548 g/mol. The van der Waals surface area contributed by atoms with E-state index >= 15 is 0 Å². The Balaban J connectivity index is 1.85. The maximum Gasteiger partial charge on any atom is 0.330 e. The predicted molar refractivity (Wildman–Crippen MR) is 144 cm³/mol. The van der Waals surface area contributed by atoms with Gasteiger partial charge in [-0.05, 0) is 61.7 Å². The molecule has 2 N–H and O–H groups in total. The van der Waals surface area contributed by atoms with E-state index < -0.39 is 51.3 Å². The highest BCUT2D eigenvalue weighted by Gasteiger charge is 2.50. The summed E-state index contributed by atoms with van der Waals surface area (Å²) in [4.78, 5) is 41.6. The Kier molecular flexibility index (Phi) is 9.36. The minimum atomic E-state index is -4.52. The number of urea groups is 1. The number of anilines is 1. The number of benzene rings is 2. The van der Waals surface area contributed by atoms with Crippen LogP contribution in [0, 0.1) is 11.6 Å². The summed E-state index contributed by atoms with van der Waals surface area (Å²) >= 11 is 0. The highest BCUT2D eigenvalue weighted by Crippen LogP contribution is 2.32. The molecule has 0 radical (unpaired) electrons. The van der Waals surface area contributed by atoms with Crippen molar-refractivity contribution in [3.05, 3.63) is 59.7 Å². The standard InChI is InChI=1S/C26H33F2N5O6S/c1-26(24(35)31(2)3)11-6-12-33(26)40(37,38)30-25(36)29-22(15-17-13-18(27)16-19(28)14-17)23(34)32(4)20-7-9-21(39-5)10-8-20/h7-10,13-14,16,22H,6,11-12,15H2,1-5H3,(H2,29,30,36)/t22-,26-/m0/s1. The molecule has 11 nitrogen and oxygen atoms in total. The van der Waals surface area contributed by atoms with Gasteiger partial charge in [0.05, 0.1) is 7.11 Å². The molecule has 1 aliphatic rings. The van der Waals surface area contributed by atoms with E-state index in [0.717, 1.165) is 16.4 Å². The normalized spacial score (nSPS) is 18.1. The van der Waals surface area contributed by atoms with E-state index in [0.29, 0.717) is 23.9 Å². The van der Waals surface area contributed by atoms with Crippen LogP contribution in [0.2, 0.25) is 0 Å². The lowest BCUT2D eigenvalue weighted by molar-refractivity contribution is -0.137. The first-order chi connectivity index (χ1) is 18.7. The number of halogens is 2. The quantitative estimate of drug-likeness (QED) is 0.467. The molecule has 2 atom stereocenters. The number of nitrogens with one attached hydrogen (secondary N) is 2. The van der Waals surface area contributed by atoms with Crippen LogP contribution in [0.1, 0.15) is 25.3 Å². The van der Waals surface area contributed by atoms with Gasteiger partial charge in [0.2, 0.25) is 11.8 Å². The van der Waals surface area contributed by atoms with Gasteiger partial charge >= 0.3 is 16.2 Å². The Morgan fingerprint density at radius 2 is 1.68 bits per heavy atom. The van der Waals surface area contributed by atoms with Gasteiger partial charge in [-0.1, -0.05) is 0 Å². The van der Waals surface area contributed by atoms with Crippen LogP contribution in [0.4, 0.5) is 19.3 Å². The van der Waals surface area contributed by atoms with Crippen molar-refractivity contribution in [2.75, 3.05) is 39.7 Å². The molecule has 218 valence electrons. The Morgan fingerprint density at radius 3 is 2.23 bits per heavy atom. The fourth-order valence-corrected chi connectivity index (χ4v) is 6.18. The van der Waals surface area contributed by atoms with Gasteiger partial charge in [0.1, 0.15) is 29.0 Å². The van der Waals surface area contributed by atoms with Crippen molar-refractivity contribution in [1.29, 1.82) is 0 Å². The summed E-state index contributed by atoms with van der Waals surface area (Å²) in [6.45, 7) is 1.48. The summed E-state index contributed by atoms with van der Waals surface area (Å²) in [6.07, 6.45) is 0.310. The zero-order valence-corrected chi connectivity index (χ0v) is 23.7. The second-order valence-corrected chi connectivity index (χ2v) is 11.5. The average molecular weight is 582 g/mol. The fourth-order valence-electron chi connectivity index (χ4n) is 4.71. The number of likely N-dealkylation sites (N-methyl/N-ethyl adjacent to an activating group) is 2. The third-order valence-corrected chi connectivity index (χ3v) is 8.32. The zero-order valence-electron chi connectivity index (χ0n) is 22.9. The van der Waals surface area contributed by atoms with Crippen LogP contribution in [0.5, 0.6) is 5.75 Å². The van der Waals surface area contributed by atoms with Gasteiger partial charge in [0.15, 0.2) is 0 Å². The second kappa shape index (κ2) is 12.2. The second-order valence-electron chi connectivity index (χ2n) is 9.86. The van der Waals surface area contributed by atoms with Gasteiger partial charge in [-0.3, -0.25) is 9.59 Å². The van der Waals surface area contributed by atoms with E-state index in [1.54, 1.807) is 24.3 Å². The number of carbonyl (C=O) groups is 3. The molecule has 1 aliphatic heterocycles. The molecule has 1 saturated heterocycles. The molecule has 0 unspecified atom stereocenters. The van der Waals surface area contributed by atoms with Crippen LogP contribution in [-0.2, 0) is 26.2 Å². The Hall–Kier alpha value is -3.78. The largest absolute Gasteiger partial charge is 0.497 e. The first-order valence-corrected chi connectivity index (χ1v) is 13.8. The van der Waals surface area contributed by atoms with Crippen LogP contribution in [0.25, 0.3) is 0 Å². The van der Waals surface area contributed by atoms with Gasteiger partial charge in [-0.2, -0.15) is 12.7 Å². The summed E-state index contributed by atoms with van der Waals surface area (Å²) < 4.78 is 62.0.